The van der Waals surface area contributed by atoms with Crippen LogP contribution in [-0.2, 0) is 6.42 Å². The van der Waals surface area contributed by atoms with Gasteiger partial charge in [0.05, 0.1) is 6.61 Å². The van der Waals surface area contributed by atoms with Crippen LogP contribution in [0.3, 0.4) is 0 Å². The molecule has 0 spiro atoms. The molecule has 0 saturated heterocycles. The molecule has 2 nitrogen and oxygen atoms in total. The molecule has 3 rings (SSSR count). The van der Waals surface area contributed by atoms with Gasteiger partial charge >= 0.3 is 0 Å². The number of aryl methyl sites for hydroxylation is 1. The SMILES string of the molecule is Cc1c(O)cccc1OCC1CCCc2ccccc21. The Bertz CT molecular complexity index is 604. The van der Waals surface area contributed by atoms with Crippen LogP contribution in [0.25, 0.3) is 0 Å². The molecule has 2 heteroatoms. The van der Waals surface area contributed by atoms with Gasteiger partial charge in [-0.1, -0.05) is 30.3 Å². The van der Waals surface area contributed by atoms with Crippen molar-refractivity contribution in [2.45, 2.75) is 32.1 Å². The van der Waals surface area contributed by atoms with Gasteiger partial charge in [-0.3, -0.25) is 0 Å². The molecule has 104 valence electrons. The van der Waals surface area contributed by atoms with Crippen molar-refractivity contribution in [3.8, 4) is 11.5 Å². The highest BCUT2D eigenvalue weighted by Gasteiger charge is 2.20. The summed E-state index contributed by atoms with van der Waals surface area (Å²) in [5, 5.41) is 9.71. The number of ether oxygens (including phenoxy) is 1. The summed E-state index contributed by atoms with van der Waals surface area (Å²) in [5.74, 6) is 1.54. The second-order valence-electron chi connectivity index (χ2n) is 5.50. The van der Waals surface area contributed by atoms with E-state index in [1.165, 1.54) is 30.4 Å². The van der Waals surface area contributed by atoms with Gasteiger partial charge in [-0.15, -0.1) is 0 Å². The second-order valence-corrected chi connectivity index (χ2v) is 5.50. The van der Waals surface area contributed by atoms with Gasteiger partial charge in [0.15, 0.2) is 0 Å². The number of rotatable bonds is 3. The summed E-state index contributed by atoms with van der Waals surface area (Å²) >= 11 is 0. The smallest absolute Gasteiger partial charge is 0.125 e. The third-order valence-electron chi connectivity index (χ3n) is 4.19. The molecular formula is C18H20O2. The van der Waals surface area contributed by atoms with Crippen LogP contribution in [0.15, 0.2) is 42.5 Å². The summed E-state index contributed by atoms with van der Waals surface area (Å²) in [6, 6.07) is 14.1. The van der Waals surface area contributed by atoms with E-state index < -0.39 is 0 Å². The Morgan fingerprint density at radius 3 is 2.90 bits per heavy atom. The minimum absolute atomic E-state index is 0.298. The predicted octanol–water partition coefficient (Wildman–Crippen LogP) is 4.20. The molecule has 0 bridgehead atoms. The average Bonchev–Trinajstić information content (AvgIpc) is 2.49. The number of aromatic hydroxyl groups is 1. The fourth-order valence-corrected chi connectivity index (χ4v) is 2.98. The van der Waals surface area contributed by atoms with E-state index in [0.717, 1.165) is 11.3 Å². The summed E-state index contributed by atoms with van der Waals surface area (Å²) in [6.07, 6.45) is 3.58. The van der Waals surface area contributed by atoms with Gasteiger partial charge in [-0.2, -0.15) is 0 Å². The van der Waals surface area contributed by atoms with E-state index in [-0.39, 0.29) is 0 Å². The lowest BCUT2D eigenvalue weighted by Crippen LogP contribution is -2.16. The highest BCUT2D eigenvalue weighted by atomic mass is 16.5. The lowest BCUT2D eigenvalue weighted by atomic mass is 9.83. The first-order valence-corrected chi connectivity index (χ1v) is 7.25. The number of hydrogen-bond donors (Lipinski definition) is 1. The topological polar surface area (TPSA) is 29.5 Å². The molecule has 2 aromatic rings. The molecule has 1 N–H and O–H groups in total. The van der Waals surface area contributed by atoms with Crippen LogP contribution >= 0.6 is 0 Å². The Hall–Kier alpha value is -1.96. The zero-order valence-corrected chi connectivity index (χ0v) is 11.8. The highest BCUT2D eigenvalue weighted by molar-refractivity contribution is 5.42. The van der Waals surface area contributed by atoms with Gasteiger partial charge < -0.3 is 9.84 Å². The highest BCUT2D eigenvalue weighted by Crippen LogP contribution is 2.33. The number of fused-ring (bicyclic) bond motifs is 1. The quantitative estimate of drug-likeness (QED) is 0.904. The fraction of sp³-hybridized carbons (Fsp3) is 0.333. The largest absolute Gasteiger partial charge is 0.508 e. The van der Waals surface area contributed by atoms with Crippen molar-refractivity contribution < 1.29 is 9.84 Å². The van der Waals surface area contributed by atoms with Crippen molar-refractivity contribution in [2.75, 3.05) is 6.61 Å². The Morgan fingerprint density at radius 2 is 2.00 bits per heavy atom. The third kappa shape index (κ3) is 2.51. The van der Waals surface area contributed by atoms with Crippen LogP contribution in [0.1, 0.15) is 35.4 Å². The van der Waals surface area contributed by atoms with Crippen molar-refractivity contribution in [3.63, 3.8) is 0 Å². The number of benzene rings is 2. The molecule has 1 unspecified atom stereocenters. The van der Waals surface area contributed by atoms with Gasteiger partial charge in [-0.05, 0) is 49.4 Å². The monoisotopic (exact) mass is 268 g/mol. The molecule has 1 aliphatic carbocycles. The van der Waals surface area contributed by atoms with E-state index >= 15 is 0 Å². The van der Waals surface area contributed by atoms with Crippen LogP contribution in [0.2, 0.25) is 0 Å². The van der Waals surface area contributed by atoms with Gasteiger partial charge in [0.25, 0.3) is 0 Å². The molecule has 2 aromatic carbocycles. The molecule has 20 heavy (non-hydrogen) atoms. The van der Waals surface area contributed by atoms with E-state index in [1.807, 2.05) is 19.1 Å². The lowest BCUT2D eigenvalue weighted by Gasteiger charge is -2.25. The van der Waals surface area contributed by atoms with Crippen LogP contribution < -0.4 is 4.74 Å². The first-order chi connectivity index (χ1) is 9.75. The molecule has 0 amide bonds. The summed E-state index contributed by atoms with van der Waals surface area (Å²) in [5.41, 5.74) is 3.70. The first kappa shape index (κ1) is 13.0. The minimum atomic E-state index is 0.298. The number of phenolic OH excluding ortho intramolecular Hbond substituents is 1. The maximum atomic E-state index is 9.71. The fourth-order valence-electron chi connectivity index (χ4n) is 2.98. The zero-order chi connectivity index (χ0) is 13.9. The van der Waals surface area contributed by atoms with E-state index in [1.54, 1.807) is 6.07 Å². The standard InChI is InChI=1S/C18H20O2/c1-13-17(19)10-5-11-18(13)20-12-15-8-4-7-14-6-2-3-9-16(14)15/h2-3,5-6,9-11,15,19H,4,7-8,12H2,1H3. The molecule has 0 saturated carbocycles. The molecule has 1 atom stereocenters. The van der Waals surface area contributed by atoms with E-state index in [2.05, 4.69) is 24.3 Å². The van der Waals surface area contributed by atoms with Crippen LogP contribution in [0.4, 0.5) is 0 Å². The predicted molar refractivity (Wildman–Crippen MR) is 80.5 cm³/mol. The van der Waals surface area contributed by atoms with E-state index in [4.69, 9.17) is 4.74 Å². The van der Waals surface area contributed by atoms with Crippen molar-refractivity contribution >= 4 is 0 Å². The lowest BCUT2D eigenvalue weighted by molar-refractivity contribution is 0.271. The maximum absolute atomic E-state index is 9.71. The first-order valence-electron chi connectivity index (χ1n) is 7.25. The van der Waals surface area contributed by atoms with Gasteiger partial charge in [0.2, 0.25) is 0 Å². The number of phenols is 1. The molecule has 0 radical (unpaired) electrons. The summed E-state index contributed by atoms with van der Waals surface area (Å²) < 4.78 is 5.95. The maximum Gasteiger partial charge on any atom is 0.125 e. The Balaban J connectivity index is 1.75. The van der Waals surface area contributed by atoms with Crippen LogP contribution in [0, 0.1) is 6.92 Å². The van der Waals surface area contributed by atoms with Gasteiger partial charge in [0, 0.05) is 11.5 Å². The molecule has 0 aromatic heterocycles. The normalized spacial score (nSPS) is 17.6. The van der Waals surface area contributed by atoms with Gasteiger partial charge in [0.1, 0.15) is 11.5 Å². The average molecular weight is 268 g/mol. The van der Waals surface area contributed by atoms with Crippen LogP contribution in [0.5, 0.6) is 11.5 Å². The molecule has 1 aliphatic rings. The van der Waals surface area contributed by atoms with E-state index in [0.29, 0.717) is 18.3 Å². The Kier molecular flexibility index (Phi) is 3.64. The summed E-state index contributed by atoms with van der Waals surface area (Å²) in [7, 11) is 0. The Morgan fingerprint density at radius 1 is 1.15 bits per heavy atom. The minimum Gasteiger partial charge on any atom is -0.508 e. The van der Waals surface area contributed by atoms with Crippen molar-refractivity contribution in [3.05, 3.63) is 59.2 Å². The van der Waals surface area contributed by atoms with Crippen molar-refractivity contribution in [1.29, 1.82) is 0 Å². The van der Waals surface area contributed by atoms with E-state index in [9.17, 15) is 5.11 Å². The zero-order valence-electron chi connectivity index (χ0n) is 11.8. The molecule has 0 aliphatic heterocycles. The van der Waals surface area contributed by atoms with Gasteiger partial charge in [-0.25, -0.2) is 0 Å². The van der Waals surface area contributed by atoms with Crippen molar-refractivity contribution in [1.82, 2.24) is 0 Å². The number of hydrogen-bond acceptors (Lipinski definition) is 2. The molecule has 0 heterocycles. The third-order valence-corrected chi connectivity index (χ3v) is 4.19. The summed E-state index contributed by atoms with van der Waals surface area (Å²) in [6.45, 7) is 2.57. The molecular weight excluding hydrogens is 248 g/mol. The van der Waals surface area contributed by atoms with Crippen molar-refractivity contribution in [2.24, 2.45) is 0 Å². The molecule has 0 fully saturated rings. The Labute approximate surface area is 120 Å². The van der Waals surface area contributed by atoms with Crippen LogP contribution in [-0.4, -0.2) is 11.7 Å². The second kappa shape index (κ2) is 5.58. The summed E-state index contributed by atoms with van der Waals surface area (Å²) in [4.78, 5) is 0.